The third-order valence-corrected chi connectivity index (χ3v) is 20.3. The zero-order valence-corrected chi connectivity index (χ0v) is 44.3. The Labute approximate surface area is 435 Å². The van der Waals surface area contributed by atoms with Gasteiger partial charge in [0, 0.05) is 25.0 Å². The number of phosphoric ester groups is 2. The number of nitrogens with two attached hydrogens (primary N) is 3. The van der Waals surface area contributed by atoms with Crippen molar-refractivity contribution in [3.05, 3.63) is 46.0 Å². The van der Waals surface area contributed by atoms with Crippen molar-refractivity contribution in [2.45, 2.75) is 80.7 Å². The summed E-state index contributed by atoms with van der Waals surface area (Å²) >= 11 is 0. The van der Waals surface area contributed by atoms with Gasteiger partial charge in [-0.15, -0.1) is 0 Å². The first-order chi connectivity index (χ1) is 36.7. The van der Waals surface area contributed by atoms with Gasteiger partial charge in [-0.2, -0.15) is 13.6 Å². The first-order valence-corrected chi connectivity index (χ1v) is 29.3. The first-order valence-electron chi connectivity index (χ1n) is 23.2. The van der Waals surface area contributed by atoms with Gasteiger partial charge in [-0.25, -0.2) is 38.2 Å². The monoisotopic (exact) mass is 1180 g/mol. The molecule has 10 rings (SSSR count). The Morgan fingerprint density at radius 2 is 1.42 bits per heavy atom. The number of aryl methyl sites for hydroxylation is 1. The standard InChI is InChI=1S/C37H51N15O22P4/c1-14-6-37(14)25(75(58,59)67-8-17-23(54)24(55)33(71-17)50-11-44-20-28(50)45-35(39)47-30(20)56)18(72-34(37)51-12-43-19-26(38)41-10-42-27(19)51)9-69-77(62,63)74-78(64,65)73-76(60,61)68-7-16-15(4-5-66-3)22(53)32(70-16)52-13-49(2)21-29(52)46-36(40)48-31(21)57/h10-18,22-25,32-34,53-55H,4-9H2,1-3H3,(H11-,38,39,40,41,42,45,46,47,48,56,57,58,59,60,61,62,63,64,65)/t14-,15-,16-,17-,18?,22-,23-,24-,25-,32-,33-,34-,37?/m1/s1. The van der Waals surface area contributed by atoms with Crippen LogP contribution in [0.3, 0.4) is 0 Å². The molecule has 9 heterocycles. The number of aromatic amines is 2. The van der Waals surface area contributed by atoms with Crippen LogP contribution in [-0.2, 0) is 66.4 Å². The predicted molar refractivity (Wildman–Crippen MR) is 255 cm³/mol. The highest BCUT2D eigenvalue weighted by Crippen LogP contribution is 2.75. The molecule has 1 spiro atoms. The third kappa shape index (κ3) is 10.3. The number of fused-ring (bicyclic) bond motifs is 3. The van der Waals surface area contributed by atoms with Crippen LogP contribution >= 0.6 is 31.1 Å². The molecular weight excluding hydrogens is 1130 g/mol. The molecule has 0 radical (unpaired) electrons. The van der Waals surface area contributed by atoms with Crippen LogP contribution in [0.4, 0.5) is 17.7 Å². The van der Waals surface area contributed by atoms with Crippen LogP contribution in [0.5, 0.6) is 0 Å². The highest BCUT2D eigenvalue weighted by Gasteiger charge is 2.72. The van der Waals surface area contributed by atoms with Crippen LogP contribution in [0, 0.1) is 17.3 Å². The van der Waals surface area contributed by atoms with Gasteiger partial charge in [0.15, 0.2) is 35.2 Å². The maximum Gasteiger partial charge on any atom is 0.490 e. The molecule has 0 amide bonds. The van der Waals surface area contributed by atoms with Crippen molar-refractivity contribution >= 4 is 82.3 Å². The topological polar surface area (TPSA) is 536 Å². The Bertz CT molecular complexity index is 3620. The van der Waals surface area contributed by atoms with Gasteiger partial charge in [-0.1, -0.05) is 11.9 Å². The number of phosphoric acid groups is 3. The Balaban J connectivity index is 0.841. The summed E-state index contributed by atoms with van der Waals surface area (Å²) in [5, 5.41) is 33.5. The van der Waals surface area contributed by atoms with Crippen LogP contribution in [0.2, 0.25) is 0 Å². The number of hydrogen-bond acceptors (Lipinski definition) is 28. The van der Waals surface area contributed by atoms with E-state index in [9.17, 15) is 62.7 Å². The number of aromatic nitrogens is 12. The lowest BCUT2D eigenvalue weighted by atomic mass is 9.95. The molecule has 17 atom stereocenters. The fourth-order valence-corrected chi connectivity index (χ4v) is 16.2. The van der Waals surface area contributed by atoms with E-state index in [0.717, 1.165) is 17.2 Å². The first kappa shape index (κ1) is 56.2. The van der Waals surface area contributed by atoms with Gasteiger partial charge in [-0.05, 0) is 18.8 Å². The Kier molecular flexibility index (Phi) is 14.8. The number of rotatable bonds is 20. The van der Waals surface area contributed by atoms with E-state index in [-0.39, 0.29) is 70.7 Å². The molecule has 3 saturated heterocycles. The fraction of sp³-hybridized carbons (Fsp3) is 0.595. The Morgan fingerprint density at radius 3 is 2.10 bits per heavy atom. The quantitative estimate of drug-likeness (QED) is 0.0268. The van der Waals surface area contributed by atoms with Crippen LogP contribution in [0.15, 0.2) is 34.9 Å². The SMILES string of the molecule is COCC[C@H]1[C@@H](O)[C@H]([n+]2cn(C)c3c(=O)[nH]c(N)nc32)O[C@@H]1COP(=O)(O)OP(=O)(O)OP(=O)(O)OCC1O[C@@H](n2cnc3c(N)ncnc32)C2(C[C@H]2C)[C@@H]1P(=O)([O-])OC[C@H]1O[C@@H](n2cnc3c(=O)[nH]c(N)nc32)[C@H](O)[C@@H]1O. The lowest BCUT2D eigenvalue weighted by Gasteiger charge is -2.37. The summed E-state index contributed by atoms with van der Waals surface area (Å²) in [4.78, 5) is 101. The second kappa shape index (κ2) is 20.5. The molecule has 78 heavy (non-hydrogen) atoms. The number of aliphatic hydroxyl groups excluding tert-OH is 3. The van der Waals surface area contributed by atoms with E-state index < -0.39 is 140 Å². The second-order valence-electron chi connectivity index (χ2n) is 18.8. The van der Waals surface area contributed by atoms with E-state index in [1.54, 1.807) is 6.92 Å². The van der Waals surface area contributed by atoms with Crippen molar-refractivity contribution in [3.8, 4) is 0 Å². The summed E-state index contributed by atoms with van der Waals surface area (Å²) in [5.74, 6) is -2.08. The normalized spacial score (nSPS) is 32.2. The summed E-state index contributed by atoms with van der Waals surface area (Å²) in [6, 6.07) is 0. The van der Waals surface area contributed by atoms with Crippen molar-refractivity contribution < 1.29 is 98.9 Å². The molecule has 1 aliphatic carbocycles. The van der Waals surface area contributed by atoms with Gasteiger partial charge < -0.3 is 80.1 Å². The molecule has 14 N–H and O–H groups in total. The minimum absolute atomic E-state index is 0.00194. The zero-order valence-electron chi connectivity index (χ0n) is 40.7. The number of anilines is 3. The smallest absolute Gasteiger partial charge is 0.490 e. The third-order valence-electron chi connectivity index (χ3n) is 14.0. The maximum absolute atomic E-state index is 14.6. The number of H-pyrrole nitrogens is 2. The molecule has 6 aromatic rings. The molecule has 426 valence electrons. The molecule has 41 heteroatoms. The minimum atomic E-state index is -6.19. The van der Waals surface area contributed by atoms with Crippen LogP contribution in [0.25, 0.3) is 33.5 Å². The zero-order chi connectivity index (χ0) is 56.2. The van der Waals surface area contributed by atoms with Crippen LogP contribution in [-0.4, -0.2) is 159 Å². The van der Waals surface area contributed by atoms with E-state index in [1.807, 2.05) is 0 Å². The van der Waals surface area contributed by atoms with E-state index in [4.69, 9.17) is 49.7 Å². The Morgan fingerprint density at radius 1 is 0.795 bits per heavy atom. The molecule has 6 unspecified atom stereocenters. The van der Waals surface area contributed by atoms with Crippen molar-refractivity contribution in [2.24, 2.45) is 24.3 Å². The van der Waals surface area contributed by atoms with E-state index in [1.165, 1.54) is 40.5 Å². The second-order valence-corrected chi connectivity index (χ2v) is 25.4. The van der Waals surface area contributed by atoms with E-state index in [0.29, 0.717) is 0 Å². The fourth-order valence-electron chi connectivity index (χ4n) is 10.5. The number of imidazole rings is 3. The largest absolute Gasteiger partial charge is 0.778 e. The number of nitrogen functional groups attached to an aromatic ring is 3. The highest BCUT2D eigenvalue weighted by molar-refractivity contribution is 7.66. The summed E-state index contributed by atoms with van der Waals surface area (Å²) in [7, 11) is -20.5. The van der Waals surface area contributed by atoms with Gasteiger partial charge in [0.1, 0.15) is 50.1 Å². The van der Waals surface area contributed by atoms with Gasteiger partial charge in [-0.3, -0.25) is 42.3 Å². The summed E-state index contributed by atoms with van der Waals surface area (Å²) < 4.78 is 107. The minimum Gasteiger partial charge on any atom is -0.778 e. The molecule has 3 aliphatic heterocycles. The molecule has 1 saturated carbocycles. The van der Waals surface area contributed by atoms with Crippen molar-refractivity contribution in [1.29, 1.82) is 0 Å². The van der Waals surface area contributed by atoms with Gasteiger partial charge in [0.25, 0.3) is 17.1 Å². The number of methoxy groups -OCH3 is 1. The molecule has 37 nitrogen and oxygen atoms in total. The van der Waals surface area contributed by atoms with Crippen molar-refractivity contribution in [3.63, 3.8) is 0 Å². The summed E-state index contributed by atoms with van der Waals surface area (Å²) in [6.45, 7) is -1.42. The Hall–Kier alpha value is -5.07. The lowest BCUT2D eigenvalue weighted by molar-refractivity contribution is -0.745. The lowest BCUT2D eigenvalue weighted by Crippen LogP contribution is -2.45. The van der Waals surface area contributed by atoms with Crippen LogP contribution < -0.4 is 37.8 Å². The number of aliphatic hydroxyl groups is 3. The summed E-state index contributed by atoms with van der Waals surface area (Å²) in [6.07, 6.45) is -8.88. The number of nitrogens with zero attached hydrogens (tertiary/aromatic N) is 10. The number of hydrogen-bond donors (Lipinski definition) is 11. The van der Waals surface area contributed by atoms with Crippen molar-refractivity contribution in [1.82, 2.24) is 53.6 Å². The molecule has 0 aromatic carbocycles. The average molecular weight is 1180 g/mol. The van der Waals surface area contributed by atoms with Gasteiger partial charge in [0.05, 0.1) is 57.4 Å². The van der Waals surface area contributed by atoms with Gasteiger partial charge in [0.2, 0.25) is 17.7 Å². The van der Waals surface area contributed by atoms with Crippen molar-refractivity contribution in [2.75, 3.05) is 50.7 Å². The highest BCUT2D eigenvalue weighted by atomic mass is 31.3. The number of nitrogens with one attached hydrogen (secondary N) is 2. The van der Waals surface area contributed by atoms with Crippen LogP contribution in [0.1, 0.15) is 38.4 Å². The van der Waals surface area contributed by atoms with E-state index >= 15 is 0 Å². The van der Waals surface area contributed by atoms with E-state index in [2.05, 4.69) is 48.5 Å². The molecule has 0 bridgehead atoms. The predicted octanol–water partition coefficient (Wildman–Crippen LogP) is -2.97. The summed E-state index contributed by atoms with van der Waals surface area (Å²) in [5.41, 5.74) is 12.7. The average Bonchev–Trinajstić information content (AvgIpc) is 4.17. The molecule has 4 fully saturated rings. The van der Waals surface area contributed by atoms with Gasteiger partial charge >= 0.3 is 29.1 Å². The molecule has 6 aromatic heterocycles. The molecule has 4 aliphatic rings. The molecular formula is C37H51N15O22P4. The maximum atomic E-state index is 14.6. The number of ether oxygens (including phenoxy) is 4.